The zero-order chi connectivity index (χ0) is 15.5. The lowest BCUT2D eigenvalue weighted by atomic mass is 9.68. The van der Waals surface area contributed by atoms with Crippen molar-refractivity contribution < 1.29 is 5.11 Å². The van der Waals surface area contributed by atoms with Gasteiger partial charge in [-0.25, -0.2) is 0 Å². The van der Waals surface area contributed by atoms with Crippen LogP contribution in [0.2, 0.25) is 0 Å². The summed E-state index contributed by atoms with van der Waals surface area (Å²) in [5.41, 5.74) is 1.48. The van der Waals surface area contributed by atoms with Crippen LogP contribution in [0.3, 0.4) is 0 Å². The van der Waals surface area contributed by atoms with Gasteiger partial charge in [-0.2, -0.15) is 0 Å². The van der Waals surface area contributed by atoms with Crippen LogP contribution in [0.25, 0.3) is 0 Å². The lowest BCUT2D eigenvalue weighted by Crippen LogP contribution is -2.47. The minimum Gasteiger partial charge on any atom is -0.508 e. The van der Waals surface area contributed by atoms with Crippen molar-refractivity contribution in [1.29, 1.82) is 0 Å². The molecule has 22 heavy (non-hydrogen) atoms. The van der Waals surface area contributed by atoms with E-state index in [2.05, 4.69) is 38.7 Å². The maximum absolute atomic E-state index is 9.75. The molecule has 2 rings (SSSR count). The van der Waals surface area contributed by atoms with Gasteiger partial charge >= 0.3 is 0 Å². The van der Waals surface area contributed by atoms with Gasteiger partial charge in [-0.15, -0.1) is 12.4 Å². The van der Waals surface area contributed by atoms with Crippen LogP contribution in [0.1, 0.15) is 52.5 Å². The van der Waals surface area contributed by atoms with Crippen molar-refractivity contribution in [3.8, 4) is 5.75 Å². The average molecular weight is 326 g/mol. The maximum atomic E-state index is 9.75. The Morgan fingerprint density at radius 2 is 2.09 bits per heavy atom. The van der Waals surface area contributed by atoms with E-state index in [4.69, 9.17) is 0 Å². The molecule has 2 unspecified atom stereocenters. The predicted octanol–water partition coefficient (Wildman–Crippen LogP) is 4.85. The van der Waals surface area contributed by atoms with Crippen LogP contribution in [0.4, 0.5) is 0 Å². The highest BCUT2D eigenvalue weighted by Crippen LogP contribution is 2.40. The van der Waals surface area contributed by atoms with Gasteiger partial charge < -0.3 is 10.0 Å². The first kappa shape index (κ1) is 19.3. The Labute approximate surface area is 142 Å². The molecule has 1 saturated heterocycles. The monoisotopic (exact) mass is 325 g/mol. The minimum absolute atomic E-state index is 0. The molecule has 1 aliphatic heterocycles. The topological polar surface area (TPSA) is 23.5 Å². The third-order valence-electron chi connectivity index (χ3n) is 5.33. The summed E-state index contributed by atoms with van der Waals surface area (Å²) in [6.07, 6.45) is 3.82. The van der Waals surface area contributed by atoms with Crippen molar-refractivity contribution in [3.05, 3.63) is 29.8 Å². The van der Waals surface area contributed by atoms with Crippen molar-refractivity contribution in [2.45, 2.75) is 52.4 Å². The van der Waals surface area contributed by atoms with Crippen LogP contribution >= 0.6 is 12.4 Å². The molecule has 0 spiro atoms. The van der Waals surface area contributed by atoms with E-state index in [-0.39, 0.29) is 17.8 Å². The van der Waals surface area contributed by atoms with E-state index in [1.165, 1.54) is 44.5 Å². The summed E-state index contributed by atoms with van der Waals surface area (Å²) < 4.78 is 0. The van der Waals surface area contributed by atoms with Gasteiger partial charge in [0.2, 0.25) is 0 Å². The predicted molar refractivity (Wildman–Crippen MR) is 97.0 cm³/mol. The molecule has 3 heteroatoms. The molecule has 1 aromatic carbocycles. The van der Waals surface area contributed by atoms with Gasteiger partial charge in [-0.1, -0.05) is 39.8 Å². The summed E-state index contributed by atoms with van der Waals surface area (Å²) in [5, 5.41) is 9.75. The molecule has 2 atom stereocenters. The van der Waals surface area contributed by atoms with E-state index < -0.39 is 0 Å². The minimum atomic E-state index is 0. The van der Waals surface area contributed by atoms with Crippen molar-refractivity contribution in [2.75, 3.05) is 19.6 Å². The summed E-state index contributed by atoms with van der Waals surface area (Å²) in [6, 6.07) is 7.85. The van der Waals surface area contributed by atoms with Crippen molar-refractivity contribution in [2.24, 2.45) is 11.8 Å². The largest absolute Gasteiger partial charge is 0.508 e. The van der Waals surface area contributed by atoms with Gasteiger partial charge in [0.05, 0.1) is 0 Å². The van der Waals surface area contributed by atoms with E-state index in [1.807, 2.05) is 12.1 Å². The Morgan fingerprint density at radius 3 is 2.68 bits per heavy atom. The summed E-state index contributed by atoms with van der Waals surface area (Å²) in [6.45, 7) is 12.9. The first-order valence-corrected chi connectivity index (χ1v) is 8.43. The second-order valence-corrected chi connectivity index (χ2v) is 7.46. The van der Waals surface area contributed by atoms with Crippen molar-refractivity contribution in [1.82, 2.24) is 4.90 Å². The fraction of sp³-hybridized carbons (Fsp3) is 0.684. The second-order valence-electron chi connectivity index (χ2n) is 7.46. The molecule has 0 radical (unpaired) electrons. The van der Waals surface area contributed by atoms with E-state index in [1.54, 1.807) is 6.07 Å². The third kappa shape index (κ3) is 4.63. The number of nitrogens with zero attached hydrogens (tertiary/aromatic N) is 1. The summed E-state index contributed by atoms with van der Waals surface area (Å²) >= 11 is 0. The quantitative estimate of drug-likeness (QED) is 0.836. The number of phenols is 1. The molecule has 0 saturated carbocycles. The van der Waals surface area contributed by atoms with E-state index >= 15 is 0 Å². The highest BCUT2D eigenvalue weighted by molar-refractivity contribution is 5.85. The molecule has 1 N–H and O–H groups in total. The Kier molecular flexibility index (Phi) is 7.21. The normalized spacial score (nSPS) is 26.0. The van der Waals surface area contributed by atoms with Gasteiger partial charge in [0.1, 0.15) is 5.75 Å². The fourth-order valence-corrected chi connectivity index (χ4v) is 3.53. The second kappa shape index (κ2) is 8.21. The highest BCUT2D eigenvalue weighted by atomic mass is 35.5. The first-order chi connectivity index (χ1) is 9.91. The van der Waals surface area contributed by atoms with Gasteiger partial charge in [-0.05, 0) is 67.3 Å². The van der Waals surface area contributed by atoms with E-state index in [0.29, 0.717) is 11.7 Å². The van der Waals surface area contributed by atoms with Gasteiger partial charge in [0, 0.05) is 6.54 Å². The number of halogens is 1. The number of likely N-dealkylation sites (tertiary alicyclic amines) is 1. The summed E-state index contributed by atoms with van der Waals surface area (Å²) in [7, 11) is 0. The van der Waals surface area contributed by atoms with Crippen LogP contribution in [-0.4, -0.2) is 29.6 Å². The molecule has 2 nitrogen and oxygen atoms in total. The molecule has 1 aromatic rings. The van der Waals surface area contributed by atoms with Crippen molar-refractivity contribution >= 4 is 12.4 Å². The van der Waals surface area contributed by atoms with Crippen molar-refractivity contribution in [3.63, 3.8) is 0 Å². The zero-order valence-electron chi connectivity index (χ0n) is 14.5. The Morgan fingerprint density at radius 1 is 1.36 bits per heavy atom. The maximum Gasteiger partial charge on any atom is 0.115 e. The van der Waals surface area contributed by atoms with Crippen LogP contribution < -0.4 is 0 Å². The Hall–Kier alpha value is -0.730. The number of benzene rings is 1. The number of hydrogen-bond acceptors (Lipinski definition) is 2. The number of piperidine rings is 1. The molecule has 1 heterocycles. The molecule has 126 valence electrons. The zero-order valence-corrected chi connectivity index (χ0v) is 15.3. The lowest BCUT2D eigenvalue weighted by molar-refractivity contribution is 0.108. The molecule has 0 amide bonds. The molecule has 0 aromatic heterocycles. The number of rotatable bonds is 5. The lowest BCUT2D eigenvalue weighted by Gasteiger charge is -2.45. The number of phenolic OH excluding ortho intramolecular Hbond substituents is 1. The molecular weight excluding hydrogens is 294 g/mol. The molecule has 0 bridgehead atoms. The van der Waals surface area contributed by atoms with Crippen LogP contribution in [0.15, 0.2) is 24.3 Å². The van der Waals surface area contributed by atoms with Crippen LogP contribution in [0, 0.1) is 11.8 Å². The first-order valence-electron chi connectivity index (χ1n) is 8.43. The standard InChI is InChI=1S/C19H31NO.ClH/c1-15(2)7-6-11-20-12-10-19(4,16(3)14-20)17-8-5-9-18(21)13-17;/h5,8-9,13,15-16,21H,6-7,10-12,14H2,1-4H3;1H. The summed E-state index contributed by atoms with van der Waals surface area (Å²) in [5.74, 6) is 1.82. The van der Waals surface area contributed by atoms with Gasteiger partial charge in [-0.3, -0.25) is 0 Å². The molecule has 1 fully saturated rings. The van der Waals surface area contributed by atoms with Crippen LogP contribution in [-0.2, 0) is 5.41 Å². The smallest absolute Gasteiger partial charge is 0.115 e. The summed E-state index contributed by atoms with van der Waals surface area (Å²) in [4.78, 5) is 2.62. The number of hydrogen-bond donors (Lipinski definition) is 1. The van der Waals surface area contributed by atoms with E-state index in [0.717, 1.165) is 5.92 Å². The van der Waals surface area contributed by atoms with Gasteiger partial charge in [0.15, 0.2) is 0 Å². The SMILES string of the molecule is CC(C)CCCN1CCC(C)(c2cccc(O)c2)C(C)C1.Cl. The molecule has 1 aliphatic rings. The van der Waals surface area contributed by atoms with Gasteiger partial charge in [0.25, 0.3) is 0 Å². The third-order valence-corrected chi connectivity index (χ3v) is 5.33. The van der Waals surface area contributed by atoms with E-state index in [9.17, 15) is 5.11 Å². The Bertz CT molecular complexity index is 463. The number of aromatic hydroxyl groups is 1. The highest BCUT2D eigenvalue weighted by Gasteiger charge is 2.37. The molecule has 0 aliphatic carbocycles. The Balaban J connectivity index is 0.00000242. The van der Waals surface area contributed by atoms with Crippen LogP contribution in [0.5, 0.6) is 5.75 Å². The molecular formula is C19H32ClNO. The average Bonchev–Trinajstić information content (AvgIpc) is 2.42. The fourth-order valence-electron chi connectivity index (χ4n) is 3.53.